The van der Waals surface area contributed by atoms with E-state index in [4.69, 9.17) is 5.10 Å². The molecule has 0 unspecified atom stereocenters. The highest BCUT2D eigenvalue weighted by molar-refractivity contribution is 6.17. The Morgan fingerprint density at radius 2 is 1.11 bits per heavy atom. The molecule has 182 valence electrons. The van der Waals surface area contributed by atoms with Crippen LogP contribution >= 0.6 is 0 Å². The van der Waals surface area contributed by atoms with Crippen LogP contribution in [0.2, 0.25) is 0 Å². The standard InChI is InChI=1S/C31H26N4O2/c1-21-13-9-11-19-25(21)32-30(36)27-28(31(37)33-26-20-12-10-14-22(26)2)34-35(24-17-7-4-8-18-24)29(27)23-15-5-3-6-16-23/h3-20H,1-2H3,(H,32,36)(H,33,37). The molecule has 0 atom stereocenters. The average molecular weight is 487 g/mol. The number of aromatic nitrogens is 2. The highest BCUT2D eigenvalue weighted by Crippen LogP contribution is 2.31. The van der Waals surface area contributed by atoms with Gasteiger partial charge in [-0.3, -0.25) is 9.59 Å². The van der Waals surface area contributed by atoms with E-state index in [0.29, 0.717) is 17.1 Å². The van der Waals surface area contributed by atoms with E-state index in [1.165, 1.54) is 0 Å². The van der Waals surface area contributed by atoms with Gasteiger partial charge in [-0.1, -0.05) is 84.9 Å². The first-order valence-electron chi connectivity index (χ1n) is 12.0. The molecular formula is C31H26N4O2. The fourth-order valence-corrected chi connectivity index (χ4v) is 4.20. The molecule has 0 aliphatic rings. The first-order valence-corrected chi connectivity index (χ1v) is 12.0. The van der Waals surface area contributed by atoms with Crippen LogP contribution in [0.25, 0.3) is 16.9 Å². The maximum Gasteiger partial charge on any atom is 0.277 e. The normalized spacial score (nSPS) is 10.6. The van der Waals surface area contributed by atoms with Crippen molar-refractivity contribution in [3.8, 4) is 16.9 Å². The van der Waals surface area contributed by atoms with E-state index in [1.807, 2.05) is 123 Å². The van der Waals surface area contributed by atoms with E-state index >= 15 is 0 Å². The zero-order valence-electron chi connectivity index (χ0n) is 20.6. The van der Waals surface area contributed by atoms with Crippen molar-refractivity contribution < 1.29 is 9.59 Å². The number of nitrogens with one attached hydrogen (secondary N) is 2. The van der Waals surface area contributed by atoms with E-state index in [-0.39, 0.29) is 11.3 Å². The lowest BCUT2D eigenvalue weighted by molar-refractivity contribution is 0.0988. The quantitative estimate of drug-likeness (QED) is 0.282. The maximum absolute atomic E-state index is 13.9. The number of carbonyl (C=O) groups is 2. The van der Waals surface area contributed by atoms with Gasteiger partial charge in [0.1, 0.15) is 0 Å². The minimum atomic E-state index is -0.462. The van der Waals surface area contributed by atoms with Crippen molar-refractivity contribution in [1.82, 2.24) is 9.78 Å². The Morgan fingerprint density at radius 3 is 1.68 bits per heavy atom. The fraction of sp³-hybridized carbons (Fsp3) is 0.0645. The third kappa shape index (κ3) is 4.90. The van der Waals surface area contributed by atoms with Gasteiger partial charge in [-0.05, 0) is 49.2 Å². The Bertz CT molecular complexity index is 1570. The van der Waals surface area contributed by atoms with E-state index in [0.717, 1.165) is 22.4 Å². The summed E-state index contributed by atoms with van der Waals surface area (Å²) in [6.45, 7) is 3.84. The van der Waals surface area contributed by atoms with Crippen LogP contribution in [0.4, 0.5) is 11.4 Å². The molecule has 4 aromatic carbocycles. The summed E-state index contributed by atoms with van der Waals surface area (Å²) in [5.74, 6) is -0.874. The van der Waals surface area contributed by atoms with Crippen molar-refractivity contribution in [2.45, 2.75) is 13.8 Å². The largest absolute Gasteiger partial charge is 0.322 e. The highest BCUT2D eigenvalue weighted by Gasteiger charge is 2.30. The number of aryl methyl sites for hydroxylation is 2. The Kier molecular flexibility index (Phi) is 6.64. The number of benzene rings is 4. The highest BCUT2D eigenvalue weighted by atomic mass is 16.2. The molecule has 0 saturated carbocycles. The first-order chi connectivity index (χ1) is 18.0. The Hall–Kier alpha value is -4.97. The second kappa shape index (κ2) is 10.3. The molecule has 5 aromatic rings. The van der Waals surface area contributed by atoms with Gasteiger partial charge in [0, 0.05) is 16.9 Å². The lowest BCUT2D eigenvalue weighted by Gasteiger charge is -2.12. The number of anilines is 2. The summed E-state index contributed by atoms with van der Waals surface area (Å²) in [5, 5.41) is 10.7. The number of carbonyl (C=O) groups excluding carboxylic acids is 2. The predicted octanol–water partition coefficient (Wildman–Crippen LogP) is 6.66. The molecule has 5 rings (SSSR count). The molecule has 0 radical (unpaired) electrons. The van der Waals surface area contributed by atoms with Crippen LogP contribution in [0, 0.1) is 13.8 Å². The van der Waals surface area contributed by atoms with Crippen LogP contribution in [-0.4, -0.2) is 21.6 Å². The predicted molar refractivity (Wildman–Crippen MR) is 147 cm³/mol. The molecule has 37 heavy (non-hydrogen) atoms. The zero-order chi connectivity index (χ0) is 25.8. The minimum Gasteiger partial charge on any atom is -0.322 e. The van der Waals surface area contributed by atoms with Crippen LogP contribution < -0.4 is 10.6 Å². The van der Waals surface area contributed by atoms with Crippen molar-refractivity contribution in [2.24, 2.45) is 0 Å². The third-order valence-corrected chi connectivity index (χ3v) is 6.16. The van der Waals surface area contributed by atoms with Crippen molar-refractivity contribution in [3.05, 3.63) is 132 Å². The molecule has 6 nitrogen and oxygen atoms in total. The number of nitrogens with zero attached hydrogens (tertiary/aromatic N) is 2. The van der Waals surface area contributed by atoms with Gasteiger partial charge >= 0.3 is 0 Å². The van der Waals surface area contributed by atoms with E-state index in [9.17, 15) is 9.59 Å². The van der Waals surface area contributed by atoms with Crippen LogP contribution in [0.1, 0.15) is 32.0 Å². The molecule has 2 N–H and O–H groups in total. The summed E-state index contributed by atoms with van der Waals surface area (Å²) in [5.41, 5.74) is 5.43. The van der Waals surface area contributed by atoms with E-state index in [2.05, 4.69) is 10.6 Å². The lowest BCUT2D eigenvalue weighted by atomic mass is 10.0. The second-order valence-corrected chi connectivity index (χ2v) is 8.72. The smallest absolute Gasteiger partial charge is 0.277 e. The molecule has 2 amide bonds. The molecule has 0 spiro atoms. The van der Waals surface area contributed by atoms with Gasteiger partial charge in [-0.2, -0.15) is 5.10 Å². The summed E-state index contributed by atoms with van der Waals surface area (Å²) in [4.78, 5) is 27.6. The van der Waals surface area contributed by atoms with Gasteiger partial charge in [-0.25, -0.2) is 4.68 Å². The van der Waals surface area contributed by atoms with Crippen LogP contribution in [0.15, 0.2) is 109 Å². The van der Waals surface area contributed by atoms with Gasteiger partial charge < -0.3 is 10.6 Å². The van der Waals surface area contributed by atoms with Crippen molar-refractivity contribution >= 4 is 23.2 Å². The van der Waals surface area contributed by atoms with Crippen LogP contribution in [-0.2, 0) is 0 Å². The molecule has 1 heterocycles. The van der Waals surface area contributed by atoms with Crippen molar-refractivity contribution in [2.75, 3.05) is 10.6 Å². The van der Waals surface area contributed by atoms with Crippen molar-refractivity contribution in [3.63, 3.8) is 0 Å². The molecule has 6 heteroatoms. The number of hydrogen-bond acceptors (Lipinski definition) is 3. The molecule has 0 fully saturated rings. The molecule has 1 aromatic heterocycles. The Labute approximate surface area is 215 Å². The van der Waals surface area contributed by atoms with Gasteiger partial charge in [0.15, 0.2) is 5.69 Å². The first kappa shape index (κ1) is 23.8. The summed E-state index contributed by atoms with van der Waals surface area (Å²) in [6, 6.07) is 34.0. The van der Waals surface area contributed by atoms with Gasteiger partial charge in [0.25, 0.3) is 11.8 Å². The van der Waals surface area contributed by atoms with Gasteiger partial charge in [-0.15, -0.1) is 0 Å². The molecule has 0 aliphatic carbocycles. The zero-order valence-corrected chi connectivity index (χ0v) is 20.6. The van der Waals surface area contributed by atoms with E-state index < -0.39 is 11.8 Å². The van der Waals surface area contributed by atoms with E-state index in [1.54, 1.807) is 4.68 Å². The van der Waals surface area contributed by atoms with Crippen LogP contribution in [0.5, 0.6) is 0 Å². The molecule has 0 bridgehead atoms. The van der Waals surface area contributed by atoms with Gasteiger partial charge in [0.2, 0.25) is 0 Å². The van der Waals surface area contributed by atoms with Crippen molar-refractivity contribution in [1.29, 1.82) is 0 Å². The number of hydrogen-bond donors (Lipinski definition) is 2. The second-order valence-electron chi connectivity index (χ2n) is 8.72. The monoisotopic (exact) mass is 486 g/mol. The summed E-state index contributed by atoms with van der Waals surface area (Å²) in [7, 11) is 0. The topological polar surface area (TPSA) is 76.0 Å². The Morgan fingerprint density at radius 1 is 0.622 bits per heavy atom. The SMILES string of the molecule is Cc1ccccc1NC(=O)c1nn(-c2ccccc2)c(-c2ccccc2)c1C(=O)Nc1ccccc1C. The Balaban J connectivity index is 1.71. The number of para-hydroxylation sites is 3. The van der Waals surface area contributed by atoms with Gasteiger partial charge in [0.05, 0.1) is 16.9 Å². The maximum atomic E-state index is 13.9. The summed E-state index contributed by atoms with van der Waals surface area (Å²) >= 11 is 0. The third-order valence-electron chi connectivity index (χ3n) is 6.16. The number of amides is 2. The lowest BCUT2D eigenvalue weighted by Crippen LogP contribution is -2.20. The molecular weight excluding hydrogens is 460 g/mol. The van der Waals surface area contributed by atoms with Crippen LogP contribution in [0.3, 0.4) is 0 Å². The average Bonchev–Trinajstić information content (AvgIpc) is 3.33. The molecule has 0 saturated heterocycles. The molecule has 0 aliphatic heterocycles. The minimum absolute atomic E-state index is 0.0389. The number of rotatable bonds is 6. The summed E-state index contributed by atoms with van der Waals surface area (Å²) < 4.78 is 1.66. The fourth-order valence-electron chi connectivity index (χ4n) is 4.20. The summed E-state index contributed by atoms with van der Waals surface area (Å²) in [6.07, 6.45) is 0.